The molecule has 3 nitrogen and oxygen atoms in total. The number of hydrogen-bond acceptors (Lipinski definition) is 2. The van der Waals surface area contributed by atoms with Gasteiger partial charge >= 0.3 is 35.5 Å². The maximum atomic E-state index is 10.1. The van der Waals surface area contributed by atoms with Crippen molar-refractivity contribution in [1.82, 2.24) is 0 Å². The van der Waals surface area contributed by atoms with Crippen molar-refractivity contribution in [2.24, 2.45) is 0 Å². The molecule has 0 aromatic heterocycles. The van der Waals surface area contributed by atoms with E-state index in [2.05, 4.69) is 6.92 Å². The normalized spacial score (nSPS) is 8.64. The maximum absolute atomic E-state index is 10.1. The van der Waals surface area contributed by atoms with Gasteiger partial charge in [-0.3, -0.25) is 4.79 Å². The number of aliphatic carboxylic acids is 1. The van der Waals surface area contributed by atoms with Gasteiger partial charge in [-0.1, -0.05) is 45.4 Å². The molecule has 0 rings (SSSR count). The zero-order valence-electron chi connectivity index (χ0n) is 9.46. The molecule has 0 heterocycles. The van der Waals surface area contributed by atoms with E-state index in [4.69, 9.17) is 5.11 Å². The van der Waals surface area contributed by atoms with E-state index in [9.17, 15) is 4.79 Å². The third-order valence-corrected chi connectivity index (χ3v) is 1.99. The Balaban J connectivity index is -0.000000605. The predicted octanol–water partition coefficient (Wildman–Crippen LogP) is 0.0389. The molecule has 0 spiro atoms. The van der Waals surface area contributed by atoms with Gasteiger partial charge < -0.3 is 10.6 Å². The quantitative estimate of drug-likeness (QED) is 0.456. The van der Waals surface area contributed by atoms with E-state index < -0.39 is 5.97 Å². The van der Waals surface area contributed by atoms with Crippen molar-refractivity contribution < 1.29 is 44.9 Å². The fourth-order valence-corrected chi connectivity index (χ4v) is 1.23. The van der Waals surface area contributed by atoms with Crippen molar-refractivity contribution in [2.45, 2.75) is 58.3 Å². The van der Waals surface area contributed by atoms with Crippen LogP contribution in [0.5, 0.6) is 0 Å². The summed E-state index contributed by atoms with van der Waals surface area (Å²) >= 11 is 0. The fourth-order valence-electron chi connectivity index (χ4n) is 1.23. The third kappa shape index (κ3) is 18.3. The van der Waals surface area contributed by atoms with Crippen molar-refractivity contribution in [3.63, 3.8) is 0 Å². The van der Waals surface area contributed by atoms with Crippen LogP contribution >= 0.6 is 0 Å². The second-order valence-corrected chi connectivity index (χ2v) is 3.27. The van der Waals surface area contributed by atoms with Crippen LogP contribution in [0.15, 0.2) is 0 Å². The smallest absolute Gasteiger partial charge is 0.870 e. The number of rotatable bonds is 8. The van der Waals surface area contributed by atoms with Crippen LogP contribution in [-0.2, 0) is 4.79 Å². The summed E-state index contributed by atoms with van der Waals surface area (Å²) in [5.41, 5.74) is 0. The molecule has 0 saturated carbocycles. The molecule has 0 radical (unpaired) electrons. The van der Waals surface area contributed by atoms with Crippen LogP contribution in [0.2, 0.25) is 0 Å². The van der Waals surface area contributed by atoms with Crippen molar-refractivity contribution in [1.29, 1.82) is 0 Å². The van der Waals surface area contributed by atoms with Crippen LogP contribution in [0.4, 0.5) is 0 Å². The third-order valence-electron chi connectivity index (χ3n) is 1.99. The van der Waals surface area contributed by atoms with Gasteiger partial charge in [-0.15, -0.1) is 0 Å². The topological polar surface area (TPSA) is 67.3 Å². The molecular formula is C10H21NaO3. The minimum Gasteiger partial charge on any atom is -0.870 e. The Morgan fingerprint density at radius 1 is 1.00 bits per heavy atom. The van der Waals surface area contributed by atoms with Gasteiger partial charge in [0.05, 0.1) is 0 Å². The van der Waals surface area contributed by atoms with E-state index in [1.54, 1.807) is 0 Å². The molecule has 4 heteroatoms. The molecule has 0 unspecified atom stereocenters. The predicted molar refractivity (Wildman–Crippen MR) is 52.2 cm³/mol. The Kier molecular flexibility index (Phi) is 22.6. The average molecular weight is 212 g/mol. The Bertz CT molecular complexity index is 118. The summed E-state index contributed by atoms with van der Waals surface area (Å²) in [6, 6.07) is 0. The Morgan fingerprint density at radius 3 is 1.86 bits per heavy atom. The van der Waals surface area contributed by atoms with E-state index in [1.165, 1.54) is 32.1 Å². The first-order chi connectivity index (χ1) is 5.77. The van der Waals surface area contributed by atoms with Crippen LogP contribution in [0, 0.1) is 0 Å². The first-order valence-corrected chi connectivity index (χ1v) is 4.99. The Labute approximate surface area is 109 Å². The molecule has 80 valence electrons. The summed E-state index contributed by atoms with van der Waals surface area (Å²) in [7, 11) is 0. The minimum atomic E-state index is -0.663. The fraction of sp³-hybridized carbons (Fsp3) is 0.900. The summed E-state index contributed by atoms with van der Waals surface area (Å²) < 4.78 is 0. The first kappa shape index (κ1) is 19.9. The van der Waals surface area contributed by atoms with Gasteiger partial charge in [0.25, 0.3) is 0 Å². The van der Waals surface area contributed by atoms with Crippen LogP contribution in [-0.4, -0.2) is 16.6 Å². The molecular weight excluding hydrogens is 191 g/mol. The number of unbranched alkanes of at least 4 members (excludes halogenated alkanes) is 6. The van der Waals surface area contributed by atoms with Gasteiger partial charge in [-0.25, -0.2) is 0 Å². The molecule has 0 aliphatic carbocycles. The van der Waals surface area contributed by atoms with Gasteiger partial charge in [-0.2, -0.15) is 0 Å². The largest absolute Gasteiger partial charge is 1.00 e. The summed E-state index contributed by atoms with van der Waals surface area (Å²) in [4.78, 5) is 10.1. The second kappa shape index (κ2) is 15.9. The number of hydrogen-bond donors (Lipinski definition) is 1. The number of carboxylic acids is 1. The molecule has 0 saturated heterocycles. The molecule has 0 atom stereocenters. The Morgan fingerprint density at radius 2 is 1.43 bits per heavy atom. The van der Waals surface area contributed by atoms with Crippen LogP contribution < -0.4 is 29.6 Å². The SMILES string of the molecule is CCCCCCCCCC(=O)O.[Na+].[OH-]. The summed E-state index contributed by atoms with van der Waals surface area (Å²) in [5.74, 6) is -0.663. The van der Waals surface area contributed by atoms with Crippen molar-refractivity contribution >= 4 is 5.97 Å². The van der Waals surface area contributed by atoms with E-state index in [-0.39, 0.29) is 35.0 Å². The molecule has 0 aliphatic rings. The molecule has 0 aliphatic heterocycles. The van der Waals surface area contributed by atoms with Gasteiger partial charge in [0.15, 0.2) is 0 Å². The van der Waals surface area contributed by atoms with Gasteiger partial charge in [0, 0.05) is 6.42 Å². The van der Waals surface area contributed by atoms with E-state index >= 15 is 0 Å². The average Bonchev–Trinajstić information content (AvgIpc) is 2.02. The van der Waals surface area contributed by atoms with E-state index in [0.717, 1.165) is 12.8 Å². The molecule has 0 bridgehead atoms. The van der Waals surface area contributed by atoms with Gasteiger partial charge in [-0.05, 0) is 6.42 Å². The Hall–Kier alpha value is 0.430. The van der Waals surface area contributed by atoms with Crippen molar-refractivity contribution in [2.75, 3.05) is 0 Å². The number of carbonyl (C=O) groups is 1. The van der Waals surface area contributed by atoms with Crippen LogP contribution in [0.25, 0.3) is 0 Å². The standard InChI is InChI=1S/C10H20O2.Na.H2O/c1-2-3-4-5-6-7-8-9-10(11)12;;/h2-9H2,1H3,(H,11,12);;1H2/q;+1;/p-1. The molecule has 14 heavy (non-hydrogen) atoms. The molecule has 0 amide bonds. The second-order valence-electron chi connectivity index (χ2n) is 3.27. The minimum absolute atomic E-state index is 0. The van der Waals surface area contributed by atoms with Gasteiger partial charge in [0.1, 0.15) is 0 Å². The zero-order chi connectivity index (χ0) is 9.23. The summed E-state index contributed by atoms with van der Waals surface area (Å²) in [6.07, 6.45) is 8.64. The van der Waals surface area contributed by atoms with Crippen molar-refractivity contribution in [3.8, 4) is 0 Å². The monoisotopic (exact) mass is 212 g/mol. The first-order valence-electron chi connectivity index (χ1n) is 4.99. The van der Waals surface area contributed by atoms with E-state index in [0.29, 0.717) is 6.42 Å². The maximum Gasteiger partial charge on any atom is 1.00 e. The molecule has 2 N–H and O–H groups in total. The number of carboxylic acid groups (broad SMARTS) is 1. The van der Waals surface area contributed by atoms with Crippen LogP contribution in [0.3, 0.4) is 0 Å². The van der Waals surface area contributed by atoms with Crippen LogP contribution in [0.1, 0.15) is 58.3 Å². The molecule has 0 aromatic rings. The van der Waals surface area contributed by atoms with E-state index in [1.807, 2.05) is 0 Å². The summed E-state index contributed by atoms with van der Waals surface area (Å²) in [6.45, 7) is 2.20. The van der Waals surface area contributed by atoms with Gasteiger partial charge in [0.2, 0.25) is 0 Å². The van der Waals surface area contributed by atoms with Crippen molar-refractivity contribution in [3.05, 3.63) is 0 Å². The molecule has 0 aromatic carbocycles. The summed E-state index contributed by atoms with van der Waals surface area (Å²) in [5, 5.41) is 8.35. The molecule has 0 fully saturated rings. The zero-order valence-corrected chi connectivity index (χ0v) is 11.5.